The largest absolute Gasteiger partial charge is 0.461 e. The molecule has 19 heavy (non-hydrogen) atoms. The number of hydrogen-bond acceptors (Lipinski definition) is 5. The first-order valence-electron chi connectivity index (χ1n) is 6.49. The van der Waals surface area contributed by atoms with Crippen LogP contribution in [0.2, 0.25) is 0 Å². The van der Waals surface area contributed by atoms with Crippen molar-refractivity contribution in [3.8, 4) is 11.5 Å². The molecule has 0 radical (unpaired) electrons. The van der Waals surface area contributed by atoms with Gasteiger partial charge < -0.3 is 13.7 Å². The van der Waals surface area contributed by atoms with Crippen molar-refractivity contribution >= 4 is 5.97 Å². The third-order valence-corrected chi connectivity index (χ3v) is 3.37. The number of carbonyl (C=O) groups is 1. The van der Waals surface area contributed by atoms with Gasteiger partial charge in [-0.2, -0.15) is 0 Å². The minimum atomic E-state index is -0.125. The van der Waals surface area contributed by atoms with Crippen LogP contribution in [0.4, 0.5) is 0 Å². The molecule has 0 N–H and O–H groups in total. The normalized spacial score (nSPS) is 15.8. The molecule has 0 aromatic carbocycles. The molecule has 1 aliphatic carbocycles. The molecule has 5 nitrogen and oxygen atoms in total. The van der Waals surface area contributed by atoms with E-state index in [1.165, 1.54) is 0 Å². The Hall–Kier alpha value is -2.04. The molecule has 0 atom stereocenters. The Kier molecular flexibility index (Phi) is 3.35. The molecule has 2 aromatic heterocycles. The summed E-state index contributed by atoms with van der Waals surface area (Å²) < 4.78 is 15.6. The predicted octanol–water partition coefficient (Wildman–Crippen LogP) is 3.17. The number of aromatic nitrogens is 1. The van der Waals surface area contributed by atoms with E-state index in [1.807, 2.05) is 0 Å². The van der Waals surface area contributed by atoms with Crippen molar-refractivity contribution in [1.29, 1.82) is 0 Å². The number of esters is 1. The molecular formula is C14H15NO4. The van der Waals surface area contributed by atoms with E-state index in [9.17, 15) is 4.79 Å². The zero-order chi connectivity index (χ0) is 13.1. The van der Waals surface area contributed by atoms with Crippen molar-refractivity contribution in [2.45, 2.75) is 32.3 Å². The topological polar surface area (TPSA) is 65.5 Å². The SMILES string of the molecule is O=C(OCc1cc(-c2ccco2)on1)C1CCCC1. The van der Waals surface area contributed by atoms with Gasteiger partial charge in [0, 0.05) is 6.07 Å². The average molecular weight is 261 g/mol. The van der Waals surface area contributed by atoms with Crippen LogP contribution in [0.5, 0.6) is 0 Å². The maximum atomic E-state index is 11.8. The second-order valence-corrected chi connectivity index (χ2v) is 4.75. The summed E-state index contributed by atoms with van der Waals surface area (Å²) in [6.07, 6.45) is 5.68. The van der Waals surface area contributed by atoms with E-state index in [2.05, 4.69) is 5.16 Å². The Balaban J connectivity index is 1.57. The van der Waals surface area contributed by atoms with E-state index in [4.69, 9.17) is 13.7 Å². The highest BCUT2D eigenvalue weighted by Crippen LogP contribution is 2.26. The van der Waals surface area contributed by atoms with E-state index >= 15 is 0 Å². The summed E-state index contributed by atoms with van der Waals surface area (Å²) in [5, 5.41) is 3.86. The van der Waals surface area contributed by atoms with Gasteiger partial charge in [0.05, 0.1) is 12.2 Å². The first kappa shape index (κ1) is 12.0. The van der Waals surface area contributed by atoms with Gasteiger partial charge in [0.15, 0.2) is 5.76 Å². The highest BCUT2D eigenvalue weighted by molar-refractivity contribution is 5.72. The smallest absolute Gasteiger partial charge is 0.309 e. The molecule has 1 aliphatic rings. The Bertz CT molecular complexity index is 538. The molecule has 2 heterocycles. The van der Waals surface area contributed by atoms with Gasteiger partial charge in [-0.15, -0.1) is 0 Å². The number of furan rings is 1. The van der Waals surface area contributed by atoms with E-state index in [0.717, 1.165) is 25.7 Å². The lowest BCUT2D eigenvalue weighted by molar-refractivity contribution is -0.149. The van der Waals surface area contributed by atoms with Gasteiger partial charge in [-0.3, -0.25) is 4.79 Å². The molecule has 0 saturated heterocycles. The van der Waals surface area contributed by atoms with Gasteiger partial charge in [-0.05, 0) is 25.0 Å². The molecule has 0 bridgehead atoms. The van der Waals surface area contributed by atoms with E-state index in [0.29, 0.717) is 17.2 Å². The van der Waals surface area contributed by atoms with Crippen LogP contribution in [-0.4, -0.2) is 11.1 Å². The summed E-state index contributed by atoms with van der Waals surface area (Å²) in [4.78, 5) is 11.8. The van der Waals surface area contributed by atoms with Crippen LogP contribution < -0.4 is 0 Å². The first-order valence-corrected chi connectivity index (χ1v) is 6.49. The molecule has 0 unspecified atom stereocenters. The first-order chi connectivity index (χ1) is 9.33. The number of carbonyl (C=O) groups excluding carboxylic acids is 1. The van der Waals surface area contributed by atoms with Crippen molar-refractivity contribution in [3.63, 3.8) is 0 Å². The van der Waals surface area contributed by atoms with Gasteiger partial charge in [0.1, 0.15) is 12.3 Å². The summed E-state index contributed by atoms with van der Waals surface area (Å²) >= 11 is 0. The minimum Gasteiger partial charge on any atom is -0.461 e. The fraction of sp³-hybridized carbons (Fsp3) is 0.429. The molecule has 5 heteroatoms. The molecular weight excluding hydrogens is 246 g/mol. The van der Waals surface area contributed by atoms with Gasteiger partial charge in [-0.25, -0.2) is 0 Å². The Morgan fingerprint density at radius 2 is 2.21 bits per heavy atom. The quantitative estimate of drug-likeness (QED) is 0.791. The second kappa shape index (κ2) is 5.30. The fourth-order valence-corrected chi connectivity index (χ4v) is 2.34. The van der Waals surface area contributed by atoms with E-state index < -0.39 is 0 Å². The van der Waals surface area contributed by atoms with Crippen LogP contribution >= 0.6 is 0 Å². The van der Waals surface area contributed by atoms with Crippen molar-refractivity contribution in [2.24, 2.45) is 5.92 Å². The van der Waals surface area contributed by atoms with Crippen molar-refractivity contribution in [2.75, 3.05) is 0 Å². The van der Waals surface area contributed by atoms with Crippen LogP contribution in [0.1, 0.15) is 31.4 Å². The maximum Gasteiger partial charge on any atom is 0.309 e. The zero-order valence-electron chi connectivity index (χ0n) is 10.5. The third kappa shape index (κ3) is 2.70. The van der Waals surface area contributed by atoms with Gasteiger partial charge in [0.2, 0.25) is 5.76 Å². The Labute approximate surface area is 110 Å². The average Bonchev–Trinajstić information content (AvgIpc) is 3.14. The second-order valence-electron chi connectivity index (χ2n) is 4.75. The number of rotatable bonds is 4. The maximum absolute atomic E-state index is 11.8. The molecule has 1 fully saturated rings. The highest BCUT2D eigenvalue weighted by Gasteiger charge is 2.24. The van der Waals surface area contributed by atoms with E-state index in [1.54, 1.807) is 24.5 Å². The van der Waals surface area contributed by atoms with Crippen molar-refractivity contribution < 1.29 is 18.5 Å². The molecule has 0 aliphatic heterocycles. The zero-order valence-corrected chi connectivity index (χ0v) is 10.5. The lowest BCUT2D eigenvalue weighted by atomic mass is 10.1. The summed E-state index contributed by atoms with van der Waals surface area (Å²) in [6, 6.07) is 5.28. The molecule has 100 valence electrons. The number of nitrogens with zero attached hydrogens (tertiary/aromatic N) is 1. The standard InChI is InChI=1S/C14H15NO4/c16-14(10-4-1-2-5-10)18-9-11-8-13(19-15-11)12-6-3-7-17-12/h3,6-8,10H,1-2,4-5,9H2. The summed E-state index contributed by atoms with van der Waals surface area (Å²) in [7, 11) is 0. The Morgan fingerprint density at radius 1 is 1.37 bits per heavy atom. The number of hydrogen-bond donors (Lipinski definition) is 0. The van der Waals surface area contributed by atoms with Gasteiger partial charge in [-0.1, -0.05) is 18.0 Å². The van der Waals surface area contributed by atoms with Crippen LogP contribution in [0, 0.1) is 5.92 Å². The monoisotopic (exact) mass is 261 g/mol. The summed E-state index contributed by atoms with van der Waals surface area (Å²) in [6.45, 7) is 0.152. The van der Waals surface area contributed by atoms with Crippen LogP contribution in [0.15, 0.2) is 33.4 Å². The lowest BCUT2D eigenvalue weighted by Crippen LogP contribution is -2.14. The lowest BCUT2D eigenvalue weighted by Gasteiger charge is -2.07. The molecule has 1 saturated carbocycles. The summed E-state index contributed by atoms with van der Waals surface area (Å²) in [5.41, 5.74) is 0.595. The predicted molar refractivity (Wildman–Crippen MR) is 66.0 cm³/mol. The van der Waals surface area contributed by atoms with Crippen molar-refractivity contribution in [1.82, 2.24) is 5.16 Å². The Morgan fingerprint density at radius 3 is 2.95 bits per heavy atom. The molecule has 2 aromatic rings. The van der Waals surface area contributed by atoms with Crippen molar-refractivity contribution in [3.05, 3.63) is 30.2 Å². The number of ether oxygens (including phenoxy) is 1. The third-order valence-electron chi connectivity index (χ3n) is 3.37. The molecule has 0 spiro atoms. The summed E-state index contributed by atoms with van der Waals surface area (Å²) in [5.74, 6) is 1.09. The molecule has 0 amide bonds. The van der Waals surface area contributed by atoms with Crippen LogP contribution in [-0.2, 0) is 16.1 Å². The highest BCUT2D eigenvalue weighted by atomic mass is 16.5. The molecule has 3 rings (SSSR count). The van der Waals surface area contributed by atoms with Crippen LogP contribution in [0.3, 0.4) is 0 Å². The minimum absolute atomic E-state index is 0.0662. The van der Waals surface area contributed by atoms with Crippen LogP contribution in [0.25, 0.3) is 11.5 Å². The van der Waals surface area contributed by atoms with Gasteiger partial charge >= 0.3 is 5.97 Å². The van der Waals surface area contributed by atoms with Gasteiger partial charge in [0.25, 0.3) is 0 Å². The van der Waals surface area contributed by atoms with E-state index in [-0.39, 0.29) is 18.5 Å². The fourth-order valence-electron chi connectivity index (χ4n) is 2.34.